The summed E-state index contributed by atoms with van der Waals surface area (Å²) in [5.41, 5.74) is 9.36. The van der Waals surface area contributed by atoms with Crippen molar-refractivity contribution in [2.24, 2.45) is 5.73 Å². The van der Waals surface area contributed by atoms with Gasteiger partial charge in [0.05, 0.1) is 36.2 Å². The van der Waals surface area contributed by atoms with E-state index in [-0.39, 0.29) is 12.1 Å². The third-order valence-corrected chi connectivity index (χ3v) is 7.00. The fraction of sp³-hybridized carbons (Fsp3) is 0.379. The number of aliphatic hydroxyl groups is 1. The van der Waals surface area contributed by atoms with Crippen LogP contribution in [-0.4, -0.2) is 62.6 Å². The Labute approximate surface area is 227 Å². The average molecular weight is 528 g/mol. The highest BCUT2D eigenvalue weighted by atomic mass is 16.5. The van der Waals surface area contributed by atoms with Crippen LogP contribution in [0.5, 0.6) is 11.6 Å². The van der Waals surface area contributed by atoms with E-state index in [0.717, 1.165) is 54.9 Å². The van der Waals surface area contributed by atoms with Crippen LogP contribution in [0.15, 0.2) is 55.1 Å². The highest BCUT2D eigenvalue weighted by Gasteiger charge is 2.31. The number of nitrogens with zero attached hydrogens (tertiary/aromatic N) is 6. The second-order valence-electron chi connectivity index (χ2n) is 10.8. The summed E-state index contributed by atoms with van der Waals surface area (Å²) in [7, 11) is 1.61. The summed E-state index contributed by atoms with van der Waals surface area (Å²) in [6.07, 6.45) is 9.33. The minimum atomic E-state index is -0.985. The first-order valence-corrected chi connectivity index (χ1v) is 12.9. The molecule has 4 aromatic rings. The third-order valence-electron chi connectivity index (χ3n) is 7.00. The lowest BCUT2D eigenvalue weighted by Gasteiger charge is -2.40. The number of methoxy groups -OCH3 is 1. The summed E-state index contributed by atoms with van der Waals surface area (Å²) in [4.78, 5) is 11.3. The molecule has 3 N–H and O–H groups in total. The maximum Gasteiger partial charge on any atom is 0.212 e. The first kappa shape index (κ1) is 26.4. The Hall–Kier alpha value is -4.20. The van der Waals surface area contributed by atoms with E-state index in [1.807, 2.05) is 42.7 Å². The molecule has 0 atom stereocenters. The minimum Gasteiger partial charge on any atom is -0.489 e. The van der Waals surface area contributed by atoms with Gasteiger partial charge in [-0.25, -0.2) is 14.5 Å². The number of aromatic nitrogens is 4. The molecule has 0 unspecified atom stereocenters. The summed E-state index contributed by atoms with van der Waals surface area (Å²) in [6, 6.07) is 12.0. The molecular formula is C29H33N7O3. The second kappa shape index (κ2) is 10.5. The molecule has 5 rings (SSSR count). The number of fused-ring (bicyclic) bond motifs is 1. The lowest BCUT2D eigenvalue weighted by molar-refractivity contribution is 0.0283. The van der Waals surface area contributed by atoms with Gasteiger partial charge in [0.25, 0.3) is 0 Å². The highest BCUT2D eigenvalue weighted by molar-refractivity contribution is 5.85. The lowest BCUT2D eigenvalue weighted by Crippen LogP contribution is -2.52. The van der Waals surface area contributed by atoms with E-state index in [1.54, 1.807) is 31.7 Å². The van der Waals surface area contributed by atoms with Gasteiger partial charge in [-0.1, -0.05) is 6.07 Å². The monoisotopic (exact) mass is 527 g/mol. The van der Waals surface area contributed by atoms with Crippen molar-refractivity contribution in [2.75, 3.05) is 31.7 Å². The maximum atomic E-state index is 10.1. The Morgan fingerprint density at radius 2 is 1.92 bits per heavy atom. The van der Waals surface area contributed by atoms with Gasteiger partial charge in [0, 0.05) is 48.2 Å². The molecule has 0 aliphatic carbocycles. The van der Waals surface area contributed by atoms with Gasteiger partial charge in [-0.05, 0) is 56.9 Å². The van der Waals surface area contributed by atoms with Crippen LogP contribution >= 0.6 is 0 Å². The number of ether oxygens (including phenoxy) is 2. The topological polar surface area (TPSA) is 135 Å². The van der Waals surface area contributed by atoms with Gasteiger partial charge in [0.2, 0.25) is 5.88 Å². The normalized spacial score (nSPS) is 15.2. The molecule has 1 aliphatic rings. The van der Waals surface area contributed by atoms with Crippen molar-refractivity contribution in [3.05, 3.63) is 66.2 Å². The quantitative estimate of drug-likeness (QED) is 0.354. The smallest absolute Gasteiger partial charge is 0.212 e. The van der Waals surface area contributed by atoms with Crippen molar-refractivity contribution in [3.63, 3.8) is 0 Å². The van der Waals surface area contributed by atoms with Gasteiger partial charge < -0.3 is 25.2 Å². The standard InChI is InChI=1S/C29H33N7O3/c1-28(2,37)19-39-23-12-24(27-22(14-30)17-34-36(27)18-23)21-5-6-25(32-16-21)35-10-8-29(31,9-11-35)13-20-4-7-26(38-3)33-15-20/h4-7,12,15-18,37H,8-11,13,19,31H2,1-3H3. The van der Waals surface area contributed by atoms with Gasteiger partial charge in [0.15, 0.2) is 0 Å². The van der Waals surface area contributed by atoms with Gasteiger partial charge in [0.1, 0.15) is 24.2 Å². The Morgan fingerprint density at radius 1 is 1.13 bits per heavy atom. The molecule has 0 amide bonds. The van der Waals surface area contributed by atoms with E-state index < -0.39 is 5.60 Å². The van der Waals surface area contributed by atoms with Gasteiger partial charge >= 0.3 is 0 Å². The van der Waals surface area contributed by atoms with E-state index in [0.29, 0.717) is 22.7 Å². The van der Waals surface area contributed by atoms with Crippen LogP contribution in [-0.2, 0) is 6.42 Å². The number of hydrogen-bond acceptors (Lipinski definition) is 9. The molecule has 10 heteroatoms. The molecule has 0 aromatic carbocycles. The molecule has 0 radical (unpaired) electrons. The predicted octanol–water partition coefficient (Wildman–Crippen LogP) is 3.36. The van der Waals surface area contributed by atoms with E-state index in [1.165, 1.54) is 6.20 Å². The molecular weight excluding hydrogens is 494 g/mol. The number of nitrogens with two attached hydrogens (primary N) is 1. The van der Waals surface area contributed by atoms with Gasteiger partial charge in [-0.3, -0.25) is 0 Å². The van der Waals surface area contributed by atoms with Crippen LogP contribution in [0.1, 0.15) is 37.8 Å². The summed E-state index contributed by atoms with van der Waals surface area (Å²) < 4.78 is 12.6. The number of anilines is 1. The molecule has 39 heavy (non-hydrogen) atoms. The first-order chi connectivity index (χ1) is 18.7. The van der Waals surface area contributed by atoms with Gasteiger partial charge in [-0.15, -0.1) is 0 Å². The van der Waals surface area contributed by atoms with E-state index >= 15 is 0 Å². The summed E-state index contributed by atoms with van der Waals surface area (Å²) >= 11 is 0. The third kappa shape index (κ3) is 5.95. The second-order valence-corrected chi connectivity index (χ2v) is 10.8. The van der Waals surface area contributed by atoms with Crippen molar-refractivity contribution in [1.29, 1.82) is 5.26 Å². The van der Waals surface area contributed by atoms with Crippen LogP contribution in [0.25, 0.3) is 16.6 Å². The van der Waals surface area contributed by atoms with Gasteiger partial charge in [-0.2, -0.15) is 10.4 Å². The molecule has 4 aromatic heterocycles. The number of nitriles is 1. The first-order valence-electron chi connectivity index (χ1n) is 12.9. The van der Waals surface area contributed by atoms with E-state index in [9.17, 15) is 10.4 Å². The van der Waals surface area contributed by atoms with Crippen LogP contribution in [0, 0.1) is 11.3 Å². The SMILES string of the molecule is COc1ccc(CC2(N)CCN(c3ccc(-c4cc(OCC(C)(C)O)cn5ncc(C#N)c45)cn3)CC2)cn1. The molecule has 5 heterocycles. The van der Waals surface area contributed by atoms with Crippen molar-refractivity contribution < 1.29 is 14.6 Å². The average Bonchev–Trinajstić information content (AvgIpc) is 3.35. The number of rotatable bonds is 8. The predicted molar refractivity (Wildman–Crippen MR) is 148 cm³/mol. The van der Waals surface area contributed by atoms with Crippen molar-refractivity contribution in [3.8, 4) is 28.8 Å². The minimum absolute atomic E-state index is 0.119. The van der Waals surface area contributed by atoms with Crippen molar-refractivity contribution in [1.82, 2.24) is 19.6 Å². The maximum absolute atomic E-state index is 10.1. The largest absolute Gasteiger partial charge is 0.489 e. The van der Waals surface area contributed by atoms with Crippen LogP contribution < -0.4 is 20.1 Å². The number of pyridine rings is 3. The fourth-order valence-electron chi connectivity index (χ4n) is 4.87. The Kier molecular flexibility index (Phi) is 7.12. The highest BCUT2D eigenvalue weighted by Crippen LogP contribution is 2.33. The zero-order valence-corrected chi connectivity index (χ0v) is 22.5. The Morgan fingerprint density at radius 3 is 2.54 bits per heavy atom. The van der Waals surface area contributed by atoms with Crippen molar-refractivity contribution >= 4 is 11.3 Å². The summed E-state index contributed by atoms with van der Waals surface area (Å²) in [5, 5.41) is 24.0. The fourth-order valence-corrected chi connectivity index (χ4v) is 4.87. The molecule has 0 saturated carbocycles. The van der Waals surface area contributed by atoms with E-state index in [2.05, 4.69) is 21.1 Å². The summed E-state index contributed by atoms with van der Waals surface area (Å²) in [6.45, 7) is 5.09. The molecule has 0 spiro atoms. The molecule has 1 fully saturated rings. The molecule has 202 valence electrons. The summed E-state index contributed by atoms with van der Waals surface area (Å²) in [5.74, 6) is 2.02. The van der Waals surface area contributed by atoms with E-state index in [4.69, 9.17) is 20.2 Å². The molecule has 10 nitrogen and oxygen atoms in total. The van der Waals surface area contributed by atoms with Crippen LogP contribution in [0.2, 0.25) is 0 Å². The molecule has 1 saturated heterocycles. The Bertz CT molecular complexity index is 1480. The Balaban J connectivity index is 1.32. The molecule has 0 bridgehead atoms. The zero-order valence-electron chi connectivity index (χ0n) is 22.5. The van der Waals surface area contributed by atoms with Crippen molar-refractivity contribution in [2.45, 2.75) is 44.2 Å². The zero-order chi connectivity index (χ0) is 27.6. The van der Waals surface area contributed by atoms with Crippen LogP contribution in [0.3, 0.4) is 0 Å². The number of hydrogen-bond donors (Lipinski definition) is 2. The molecule has 1 aliphatic heterocycles. The lowest BCUT2D eigenvalue weighted by atomic mass is 9.83. The number of piperidine rings is 1. The van der Waals surface area contributed by atoms with Crippen LogP contribution in [0.4, 0.5) is 5.82 Å².